The number of fused-ring (bicyclic) bond motifs is 1. The normalized spacial score (nSPS) is 11.0. The third-order valence-electron chi connectivity index (χ3n) is 3.59. The molecule has 0 amide bonds. The first kappa shape index (κ1) is 13.1. The number of rotatable bonds is 2. The summed E-state index contributed by atoms with van der Waals surface area (Å²) in [5.74, 6) is 0.636. The zero-order valence-electron chi connectivity index (χ0n) is 11.7. The molecule has 3 aromatic carbocycles. The second-order valence-electron chi connectivity index (χ2n) is 5.04. The number of hydrogen-bond donors (Lipinski definition) is 0. The molecule has 0 atom stereocenters. The number of aromatic nitrogens is 1. The molecule has 0 spiro atoms. The van der Waals surface area contributed by atoms with E-state index in [9.17, 15) is 0 Å². The molecule has 1 heterocycles. The Balaban J connectivity index is 1.90. The largest absolute Gasteiger partial charge is 0.436 e. The number of para-hydroxylation sites is 1. The van der Waals surface area contributed by atoms with Gasteiger partial charge in [-0.05, 0) is 35.9 Å². The molecule has 4 aromatic rings. The second kappa shape index (κ2) is 5.32. The third kappa shape index (κ3) is 2.28. The van der Waals surface area contributed by atoms with Crippen molar-refractivity contribution in [2.45, 2.75) is 0 Å². The van der Waals surface area contributed by atoms with Gasteiger partial charge in [-0.2, -0.15) is 0 Å². The predicted molar refractivity (Wildman–Crippen MR) is 89.9 cm³/mol. The molecule has 2 nitrogen and oxygen atoms in total. The van der Waals surface area contributed by atoms with Gasteiger partial charge in [0, 0.05) is 16.1 Å². The molecule has 3 heteroatoms. The van der Waals surface area contributed by atoms with Crippen LogP contribution in [0.15, 0.2) is 77.2 Å². The van der Waals surface area contributed by atoms with Crippen LogP contribution >= 0.6 is 11.6 Å². The Morgan fingerprint density at radius 2 is 1.50 bits per heavy atom. The number of benzene rings is 3. The van der Waals surface area contributed by atoms with Gasteiger partial charge in [0.2, 0.25) is 5.89 Å². The van der Waals surface area contributed by atoms with Crippen LogP contribution in [0.1, 0.15) is 0 Å². The van der Waals surface area contributed by atoms with Crippen LogP contribution in [0.3, 0.4) is 0 Å². The molecule has 0 aliphatic rings. The van der Waals surface area contributed by atoms with Crippen molar-refractivity contribution in [3.05, 3.63) is 77.8 Å². The monoisotopic (exact) mass is 305 g/mol. The van der Waals surface area contributed by atoms with E-state index in [4.69, 9.17) is 16.0 Å². The maximum Gasteiger partial charge on any atom is 0.227 e. The van der Waals surface area contributed by atoms with Gasteiger partial charge >= 0.3 is 0 Å². The minimum atomic E-state index is 0.636. The summed E-state index contributed by atoms with van der Waals surface area (Å²) in [5.41, 5.74) is 4.73. The first-order valence-electron chi connectivity index (χ1n) is 7.02. The van der Waals surface area contributed by atoms with Crippen LogP contribution < -0.4 is 0 Å². The first-order chi connectivity index (χ1) is 10.8. The van der Waals surface area contributed by atoms with Gasteiger partial charge in [0.1, 0.15) is 5.52 Å². The van der Waals surface area contributed by atoms with Crippen molar-refractivity contribution in [3.8, 4) is 22.6 Å². The summed E-state index contributed by atoms with van der Waals surface area (Å²) in [7, 11) is 0. The van der Waals surface area contributed by atoms with E-state index in [0.717, 1.165) is 32.8 Å². The van der Waals surface area contributed by atoms with Crippen molar-refractivity contribution in [2.75, 3.05) is 0 Å². The maximum atomic E-state index is 5.97. The van der Waals surface area contributed by atoms with Crippen LogP contribution in [0.4, 0.5) is 0 Å². The number of oxazole rings is 1. The highest BCUT2D eigenvalue weighted by Crippen LogP contribution is 2.32. The molecular weight excluding hydrogens is 294 g/mol. The number of halogens is 1. The van der Waals surface area contributed by atoms with Gasteiger partial charge < -0.3 is 4.42 Å². The lowest BCUT2D eigenvalue weighted by atomic mass is 10.0. The summed E-state index contributed by atoms with van der Waals surface area (Å²) < 4.78 is 5.90. The Labute approximate surface area is 133 Å². The minimum absolute atomic E-state index is 0.636. The van der Waals surface area contributed by atoms with E-state index >= 15 is 0 Å². The average Bonchev–Trinajstić information content (AvgIpc) is 3.01. The Morgan fingerprint density at radius 3 is 2.27 bits per heavy atom. The van der Waals surface area contributed by atoms with Crippen LogP contribution in [-0.4, -0.2) is 4.98 Å². The molecule has 1 aromatic heterocycles. The second-order valence-corrected chi connectivity index (χ2v) is 5.48. The molecule has 106 valence electrons. The molecule has 0 radical (unpaired) electrons. The van der Waals surface area contributed by atoms with Gasteiger partial charge in [-0.3, -0.25) is 0 Å². The van der Waals surface area contributed by atoms with E-state index in [2.05, 4.69) is 4.98 Å². The lowest BCUT2D eigenvalue weighted by Crippen LogP contribution is -1.81. The lowest BCUT2D eigenvalue weighted by molar-refractivity contribution is 0.620. The van der Waals surface area contributed by atoms with Crippen molar-refractivity contribution in [3.63, 3.8) is 0 Å². The first-order valence-corrected chi connectivity index (χ1v) is 7.40. The molecule has 4 rings (SSSR count). The molecule has 0 unspecified atom stereocenters. The number of hydrogen-bond acceptors (Lipinski definition) is 2. The van der Waals surface area contributed by atoms with Crippen LogP contribution in [0.25, 0.3) is 33.7 Å². The molecule has 0 N–H and O–H groups in total. The van der Waals surface area contributed by atoms with Gasteiger partial charge in [-0.25, -0.2) is 4.98 Å². The molecule has 0 fully saturated rings. The van der Waals surface area contributed by atoms with E-state index in [1.54, 1.807) is 0 Å². The fraction of sp³-hybridized carbons (Fsp3) is 0. The van der Waals surface area contributed by atoms with Gasteiger partial charge in [0.15, 0.2) is 5.58 Å². The van der Waals surface area contributed by atoms with Crippen molar-refractivity contribution in [2.24, 2.45) is 0 Å². The maximum absolute atomic E-state index is 5.97. The van der Waals surface area contributed by atoms with Gasteiger partial charge in [0.05, 0.1) is 0 Å². The van der Waals surface area contributed by atoms with Gasteiger partial charge in [-0.1, -0.05) is 54.1 Å². The lowest BCUT2D eigenvalue weighted by Gasteiger charge is -2.01. The summed E-state index contributed by atoms with van der Waals surface area (Å²) in [6, 6.07) is 23.6. The summed E-state index contributed by atoms with van der Waals surface area (Å²) in [6.45, 7) is 0. The fourth-order valence-corrected chi connectivity index (χ4v) is 2.64. The molecular formula is C19H12ClNO. The summed E-state index contributed by atoms with van der Waals surface area (Å²) in [6.07, 6.45) is 0. The minimum Gasteiger partial charge on any atom is -0.436 e. The van der Waals surface area contributed by atoms with Crippen LogP contribution in [0.2, 0.25) is 5.02 Å². The Hall–Kier alpha value is -2.58. The Bertz CT molecular complexity index is 927. The van der Waals surface area contributed by atoms with Gasteiger partial charge in [0.25, 0.3) is 0 Å². The summed E-state index contributed by atoms with van der Waals surface area (Å²) >= 11 is 5.97. The smallest absolute Gasteiger partial charge is 0.227 e. The van der Waals surface area contributed by atoms with Crippen molar-refractivity contribution >= 4 is 22.7 Å². The van der Waals surface area contributed by atoms with Crippen molar-refractivity contribution < 1.29 is 4.42 Å². The van der Waals surface area contributed by atoms with Crippen LogP contribution in [0.5, 0.6) is 0 Å². The van der Waals surface area contributed by atoms with E-state index in [-0.39, 0.29) is 0 Å². The van der Waals surface area contributed by atoms with Crippen LogP contribution in [0, 0.1) is 0 Å². The SMILES string of the molecule is Clc1ccc(-c2cccc3oc(-c4ccccc4)nc23)cc1. The standard InChI is InChI=1S/C19H12ClNO/c20-15-11-9-13(10-12-15)16-7-4-8-17-18(16)21-19(22-17)14-5-2-1-3-6-14/h1-12H. The molecule has 22 heavy (non-hydrogen) atoms. The van der Waals surface area contributed by atoms with Gasteiger partial charge in [-0.15, -0.1) is 0 Å². The van der Waals surface area contributed by atoms with E-state index < -0.39 is 0 Å². The highest BCUT2D eigenvalue weighted by molar-refractivity contribution is 6.30. The van der Waals surface area contributed by atoms with E-state index in [1.165, 1.54) is 0 Å². The predicted octanol–water partition coefficient (Wildman–Crippen LogP) is 5.82. The highest BCUT2D eigenvalue weighted by Gasteiger charge is 2.12. The highest BCUT2D eigenvalue weighted by atomic mass is 35.5. The van der Waals surface area contributed by atoms with E-state index in [1.807, 2.05) is 72.8 Å². The Kier molecular flexibility index (Phi) is 3.17. The number of nitrogens with zero attached hydrogens (tertiary/aromatic N) is 1. The molecule has 0 bridgehead atoms. The topological polar surface area (TPSA) is 26.0 Å². The van der Waals surface area contributed by atoms with E-state index in [0.29, 0.717) is 5.89 Å². The Morgan fingerprint density at radius 1 is 0.727 bits per heavy atom. The van der Waals surface area contributed by atoms with Crippen LogP contribution in [-0.2, 0) is 0 Å². The quantitative estimate of drug-likeness (QED) is 0.466. The molecule has 0 aliphatic carbocycles. The third-order valence-corrected chi connectivity index (χ3v) is 3.85. The molecule has 0 aliphatic heterocycles. The zero-order chi connectivity index (χ0) is 14.9. The summed E-state index contributed by atoms with van der Waals surface area (Å²) in [5, 5.41) is 0.723. The fourth-order valence-electron chi connectivity index (χ4n) is 2.52. The van der Waals surface area contributed by atoms with Crippen molar-refractivity contribution in [1.82, 2.24) is 4.98 Å². The van der Waals surface area contributed by atoms with Crippen molar-refractivity contribution in [1.29, 1.82) is 0 Å². The zero-order valence-corrected chi connectivity index (χ0v) is 12.4. The molecule has 0 saturated carbocycles. The molecule has 0 saturated heterocycles. The average molecular weight is 306 g/mol. The summed E-state index contributed by atoms with van der Waals surface area (Å²) in [4.78, 5) is 4.68.